The summed E-state index contributed by atoms with van der Waals surface area (Å²) >= 11 is 0. The number of aliphatic carboxylic acids is 1. The van der Waals surface area contributed by atoms with Gasteiger partial charge in [-0.15, -0.1) is 0 Å². The number of morpholine rings is 1. The molecule has 0 aromatic carbocycles. The molecular weight excluding hydrogens is 570 g/mol. The number of aliphatic hydroxyl groups excluding tert-OH is 1. The summed E-state index contributed by atoms with van der Waals surface area (Å²) in [5.41, 5.74) is 0.300. The van der Waals surface area contributed by atoms with Crippen LogP contribution in [0.1, 0.15) is 112 Å². The number of fused-ring (bicyclic) bond motifs is 4. The molecule has 2 spiro atoms. The van der Waals surface area contributed by atoms with Crippen LogP contribution in [0.15, 0.2) is 0 Å². The predicted octanol–water partition coefficient (Wildman–Crippen LogP) is 5.64. The molecule has 8 heteroatoms. The van der Waals surface area contributed by atoms with E-state index in [0.717, 1.165) is 32.1 Å². The number of rotatable bonds is 6. The SMILES string of the molecule is CC1CC(CC(=O)O)OC2C1C1(C)CCC34CC35CCC(OC3CN(C(=O)CC6CC6)CCO3)C(C)(C)C5CCC4C1(C)C2O. The van der Waals surface area contributed by atoms with Gasteiger partial charge in [0.1, 0.15) is 0 Å². The Labute approximate surface area is 269 Å². The van der Waals surface area contributed by atoms with Crippen LogP contribution < -0.4 is 0 Å². The van der Waals surface area contributed by atoms with E-state index in [-0.39, 0.29) is 64.5 Å². The summed E-state index contributed by atoms with van der Waals surface area (Å²) < 4.78 is 19.5. The normalized spacial score (nSPS) is 52.9. The van der Waals surface area contributed by atoms with E-state index in [9.17, 15) is 19.8 Å². The van der Waals surface area contributed by atoms with E-state index < -0.39 is 12.1 Å². The molecule has 2 N–H and O–H groups in total. The predicted molar refractivity (Wildman–Crippen MR) is 167 cm³/mol. The third-order valence-electron chi connectivity index (χ3n) is 16.1. The quantitative estimate of drug-likeness (QED) is 0.393. The molecule has 2 heterocycles. The maximum atomic E-state index is 12.9. The van der Waals surface area contributed by atoms with Crippen molar-refractivity contribution in [3.8, 4) is 0 Å². The van der Waals surface area contributed by atoms with Crippen molar-refractivity contribution in [1.29, 1.82) is 0 Å². The number of amides is 1. The number of hydrogen-bond donors (Lipinski definition) is 2. The van der Waals surface area contributed by atoms with Crippen LogP contribution in [-0.2, 0) is 23.8 Å². The number of carboxylic acid groups (broad SMARTS) is 1. The van der Waals surface area contributed by atoms with Crippen LogP contribution in [0.2, 0.25) is 0 Å². The van der Waals surface area contributed by atoms with Crippen molar-refractivity contribution in [2.45, 2.75) is 142 Å². The summed E-state index contributed by atoms with van der Waals surface area (Å²) in [6.45, 7) is 13.8. The molecule has 6 saturated carbocycles. The van der Waals surface area contributed by atoms with E-state index in [4.69, 9.17) is 14.2 Å². The van der Waals surface area contributed by atoms with E-state index in [2.05, 4.69) is 34.6 Å². The number of aliphatic hydroxyl groups is 1. The highest BCUT2D eigenvalue weighted by Crippen LogP contribution is 2.89. The molecule has 252 valence electrons. The Morgan fingerprint density at radius 3 is 2.42 bits per heavy atom. The Hall–Kier alpha value is -1.22. The van der Waals surface area contributed by atoms with Gasteiger partial charge in [-0.1, -0.05) is 34.6 Å². The summed E-state index contributed by atoms with van der Waals surface area (Å²) in [6.07, 6.45) is 10.5. The van der Waals surface area contributed by atoms with Gasteiger partial charge in [0.15, 0.2) is 6.29 Å². The second kappa shape index (κ2) is 10.1. The molecule has 8 aliphatic rings. The van der Waals surface area contributed by atoms with Crippen LogP contribution in [0.4, 0.5) is 0 Å². The van der Waals surface area contributed by atoms with Crippen molar-refractivity contribution >= 4 is 11.9 Å². The van der Waals surface area contributed by atoms with Gasteiger partial charge in [0, 0.05) is 18.4 Å². The molecule has 1 amide bonds. The second-order valence-electron chi connectivity index (χ2n) is 18.1. The first-order chi connectivity index (χ1) is 21.3. The number of carboxylic acids is 1. The van der Waals surface area contributed by atoms with Gasteiger partial charge in [-0.3, -0.25) is 9.59 Å². The number of ether oxygens (including phenoxy) is 3. The molecule has 45 heavy (non-hydrogen) atoms. The molecule has 8 fully saturated rings. The number of nitrogens with zero attached hydrogens (tertiary/aromatic N) is 1. The smallest absolute Gasteiger partial charge is 0.305 e. The number of carbonyl (C=O) groups excluding carboxylic acids is 1. The zero-order valence-corrected chi connectivity index (χ0v) is 28.3. The van der Waals surface area contributed by atoms with Crippen LogP contribution in [0.5, 0.6) is 0 Å². The van der Waals surface area contributed by atoms with Gasteiger partial charge < -0.3 is 29.3 Å². The van der Waals surface area contributed by atoms with Gasteiger partial charge in [-0.2, -0.15) is 0 Å². The van der Waals surface area contributed by atoms with Crippen LogP contribution in [0, 0.1) is 56.7 Å². The Bertz CT molecular complexity index is 1240. The molecule has 0 radical (unpaired) electrons. The molecule has 6 aliphatic carbocycles. The summed E-state index contributed by atoms with van der Waals surface area (Å²) in [7, 11) is 0. The minimum absolute atomic E-state index is 0.00198. The highest BCUT2D eigenvalue weighted by atomic mass is 16.7. The maximum Gasteiger partial charge on any atom is 0.305 e. The third kappa shape index (κ3) is 4.22. The van der Waals surface area contributed by atoms with E-state index in [1.807, 2.05) is 4.90 Å². The van der Waals surface area contributed by atoms with Crippen molar-refractivity contribution in [2.75, 3.05) is 19.7 Å². The first-order valence-electron chi connectivity index (χ1n) is 18.4. The van der Waals surface area contributed by atoms with Crippen LogP contribution >= 0.6 is 0 Å². The third-order valence-corrected chi connectivity index (χ3v) is 16.1. The van der Waals surface area contributed by atoms with Crippen molar-refractivity contribution in [2.24, 2.45) is 56.7 Å². The summed E-state index contributed by atoms with van der Waals surface area (Å²) in [4.78, 5) is 26.4. The summed E-state index contributed by atoms with van der Waals surface area (Å²) in [6, 6.07) is 0. The van der Waals surface area contributed by atoms with E-state index in [1.165, 1.54) is 32.1 Å². The highest BCUT2D eigenvalue weighted by molar-refractivity contribution is 5.76. The van der Waals surface area contributed by atoms with Crippen molar-refractivity contribution in [3.63, 3.8) is 0 Å². The Morgan fingerprint density at radius 2 is 1.69 bits per heavy atom. The Kier molecular flexibility index (Phi) is 7.01. The number of hydrogen-bond acceptors (Lipinski definition) is 6. The summed E-state index contributed by atoms with van der Waals surface area (Å²) in [5.74, 6) is 1.66. The molecule has 2 aliphatic heterocycles. The van der Waals surface area contributed by atoms with Gasteiger partial charge in [0.2, 0.25) is 5.91 Å². The zero-order valence-electron chi connectivity index (χ0n) is 28.3. The van der Waals surface area contributed by atoms with E-state index in [0.29, 0.717) is 55.2 Å². The standard InChI is InChI=1S/C37H57NO7/c1-21-16-23(18-28(40)41)44-31-30(21)34(4)12-13-37-20-36(37)11-10-26(33(2,3)24(36)8-9-25(37)35(34,5)32(31)42)45-29-19-38(14-15-43-29)27(39)17-22-6-7-22/h21-26,29-32,42H,6-20H2,1-5H3,(H,40,41). The molecule has 8 rings (SSSR count). The lowest BCUT2D eigenvalue weighted by Gasteiger charge is -2.64. The lowest BCUT2D eigenvalue weighted by atomic mass is 9.41. The van der Waals surface area contributed by atoms with Gasteiger partial charge >= 0.3 is 5.97 Å². The molecule has 13 atom stereocenters. The fourth-order valence-corrected chi connectivity index (χ4v) is 13.8. The van der Waals surface area contributed by atoms with Crippen molar-refractivity contribution in [3.05, 3.63) is 0 Å². The topological polar surface area (TPSA) is 106 Å². The monoisotopic (exact) mass is 627 g/mol. The fourth-order valence-electron chi connectivity index (χ4n) is 13.8. The molecule has 2 saturated heterocycles. The van der Waals surface area contributed by atoms with Crippen molar-refractivity contribution in [1.82, 2.24) is 4.90 Å². The lowest BCUT2D eigenvalue weighted by Crippen LogP contribution is -2.60. The van der Waals surface area contributed by atoms with Crippen molar-refractivity contribution < 1.29 is 34.0 Å². The van der Waals surface area contributed by atoms with Crippen LogP contribution in [0.25, 0.3) is 0 Å². The van der Waals surface area contributed by atoms with Gasteiger partial charge in [-0.25, -0.2) is 0 Å². The van der Waals surface area contributed by atoms with Gasteiger partial charge in [-0.05, 0) is 115 Å². The molecule has 0 aromatic rings. The van der Waals surface area contributed by atoms with E-state index in [1.54, 1.807) is 0 Å². The molecule has 0 bridgehead atoms. The van der Waals surface area contributed by atoms with E-state index >= 15 is 0 Å². The molecule has 8 nitrogen and oxygen atoms in total. The Morgan fingerprint density at radius 1 is 0.956 bits per heavy atom. The first kappa shape index (κ1) is 31.1. The lowest BCUT2D eigenvalue weighted by molar-refractivity contribution is -0.248. The highest BCUT2D eigenvalue weighted by Gasteiger charge is 2.84. The first-order valence-corrected chi connectivity index (χ1v) is 18.4. The average Bonchev–Trinajstić information content (AvgIpc) is 3.89. The minimum Gasteiger partial charge on any atom is -0.481 e. The molecular formula is C37H57NO7. The zero-order chi connectivity index (χ0) is 31.7. The molecule has 0 aromatic heterocycles. The van der Waals surface area contributed by atoms with Crippen LogP contribution in [-0.4, -0.2) is 77.4 Å². The minimum atomic E-state index is -0.818. The maximum absolute atomic E-state index is 12.9. The average molecular weight is 628 g/mol. The molecule has 13 unspecified atom stereocenters. The summed E-state index contributed by atoms with van der Waals surface area (Å²) in [5, 5.41) is 21.8. The van der Waals surface area contributed by atoms with Gasteiger partial charge in [0.05, 0.1) is 44.0 Å². The largest absolute Gasteiger partial charge is 0.481 e. The Balaban J connectivity index is 1.01. The number of carbonyl (C=O) groups is 2. The second-order valence-corrected chi connectivity index (χ2v) is 18.1. The van der Waals surface area contributed by atoms with Gasteiger partial charge in [0.25, 0.3) is 0 Å². The van der Waals surface area contributed by atoms with Crippen LogP contribution in [0.3, 0.4) is 0 Å². The fraction of sp³-hybridized carbons (Fsp3) is 0.946.